The number of fused-ring (bicyclic) bond motifs is 1. The van der Waals surface area contributed by atoms with Gasteiger partial charge < -0.3 is 24.2 Å². The normalized spacial score (nSPS) is 23.2. The van der Waals surface area contributed by atoms with E-state index in [0.29, 0.717) is 5.57 Å². The molecule has 1 unspecified atom stereocenters. The van der Waals surface area contributed by atoms with E-state index in [0.717, 1.165) is 0 Å². The van der Waals surface area contributed by atoms with Crippen LogP contribution in [0.2, 0.25) is 0 Å². The molecule has 138 valence electrons. The fraction of sp³-hybridized carbons (Fsp3) is 0.556. The van der Waals surface area contributed by atoms with E-state index in [1.807, 2.05) is 6.92 Å². The van der Waals surface area contributed by atoms with Gasteiger partial charge in [0.25, 0.3) is 0 Å². The van der Waals surface area contributed by atoms with Crippen molar-refractivity contribution in [2.24, 2.45) is 0 Å². The third-order valence-electron chi connectivity index (χ3n) is 4.21. The Morgan fingerprint density at radius 3 is 2.48 bits per heavy atom. The van der Waals surface area contributed by atoms with Crippen molar-refractivity contribution in [1.29, 1.82) is 5.41 Å². The topological polar surface area (TPSA) is 92.1 Å². The van der Waals surface area contributed by atoms with Crippen LogP contribution < -0.4 is 0 Å². The summed E-state index contributed by atoms with van der Waals surface area (Å²) < 4.78 is 16.0. The zero-order valence-electron chi connectivity index (χ0n) is 15.5. The first-order chi connectivity index (χ1) is 11.5. The molecule has 1 atom stereocenters. The van der Waals surface area contributed by atoms with Crippen molar-refractivity contribution in [3.63, 3.8) is 0 Å². The minimum atomic E-state index is -0.773. The number of carbonyl (C=O) groups excluding carboxylic acids is 1. The maximum atomic E-state index is 12.7. The molecule has 0 spiro atoms. The van der Waals surface area contributed by atoms with Crippen molar-refractivity contribution in [1.82, 2.24) is 4.90 Å². The highest BCUT2D eigenvalue weighted by Gasteiger charge is 2.48. The molecule has 0 bridgehead atoms. The number of nitrogens with zero attached hydrogens (tertiary/aromatic N) is 1. The van der Waals surface area contributed by atoms with Gasteiger partial charge in [0.15, 0.2) is 6.29 Å². The smallest absolute Gasteiger partial charge is 0.342 e. The predicted octanol–water partition coefficient (Wildman–Crippen LogP) is 2.31. The summed E-state index contributed by atoms with van der Waals surface area (Å²) in [5.74, 6) is -0.549. The highest BCUT2D eigenvalue weighted by Crippen LogP contribution is 2.41. The lowest BCUT2D eigenvalue weighted by Gasteiger charge is -2.38. The molecule has 0 amide bonds. The summed E-state index contributed by atoms with van der Waals surface area (Å²) in [5, 5.41) is 18.4. The molecule has 1 aliphatic carbocycles. The molecule has 0 aromatic carbocycles. The standard InChI is InChI=1S/C18H26N2O5/c1-17(2,3)25-16(22)14-12-9-11(21)7-8-18(12,4)20(15(14)19)10-13(23-5)24-6/h7-9,13,19,21H,10H2,1-6H3. The zero-order valence-corrected chi connectivity index (χ0v) is 15.5. The third-order valence-corrected chi connectivity index (χ3v) is 4.21. The Morgan fingerprint density at radius 2 is 1.96 bits per heavy atom. The maximum Gasteiger partial charge on any atom is 0.342 e. The van der Waals surface area contributed by atoms with Gasteiger partial charge in [-0.15, -0.1) is 0 Å². The molecule has 7 nitrogen and oxygen atoms in total. The van der Waals surface area contributed by atoms with Gasteiger partial charge >= 0.3 is 5.97 Å². The van der Waals surface area contributed by atoms with Crippen molar-refractivity contribution >= 4 is 11.8 Å². The largest absolute Gasteiger partial charge is 0.508 e. The number of amidine groups is 1. The molecular weight excluding hydrogens is 324 g/mol. The number of aliphatic hydroxyl groups excluding tert-OH is 1. The number of aliphatic hydroxyl groups is 1. The van der Waals surface area contributed by atoms with E-state index in [2.05, 4.69) is 0 Å². The van der Waals surface area contributed by atoms with E-state index in [1.165, 1.54) is 20.3 Å². The number of rotatable bonds is 5. The second-order valence-corrected chi connectivity index (χ2v) is 7.20. The van der Waals surface area contributed by atoms with Gasteiger partial charge in [-0.3, -0.25) is 5.41 Å². The quantitative estimate of drug-likeness (QED) is 0.584. The molecule has 2 aliphatic rings. The van der Waals surface area contributed by atoms with Gasteiger partial charge in [-0.2, -0.15) is 0 Å². The van der Waals surface area contributed by atoms with Crippen LogP contribution in [0.4, 0.5) is 0 Å². The number of hydrogen-bond donors (Lipinski definition) is 2. The van der Waals surface area contributed by atoms with E-state index in [4.69, 9.17) is 19.6 Å². The van der Waals surface area contributed by atoms with E-state index >= 15 is 0 Å². The second-order valence-electron chi connectivity index (χ2n) is 7.20. The Hall–Kier alpha value is -2.12. The van der Waals surface area contributed by atoms with E-state index in [-0.39, 0.29) is 23.7 Å². The van der Waals surface area contributed by atoms with Gasteiger partial charge in [0.2, 0.25) is 0 Å². The molecule has 0 aromatic heterocycles. The van der Waals surface area contributed by atoms with Crippen LogP contribution in [0, 0.1) is 5.41 Å². The SMILES string of the molecule is COC(CN1C(=N)C(C(=O)OC(C)(C)C)=C2C=C(O)C=CC21C)OC. The average Bonchev–Trinajstić information content (AvgIpc) is 2.71. The number of allylic oxidation sites excluding steroid dienone is 1. The minimum Gasteiger partial charge on any atom is -0.508 e. The first-order valence-corrected chi connectivity index (χ1v) is 8.03. The van der Waals surface area contributed by atoms with Crippen molar-refractivity contribution in [3.8, 4) is 0 Å². The highest BCUT2D eigenvalue weighted by molar-refractivity contribution is 6.21. The summed E-state index contributed by atoms with van der Waals surface area (Å²) in [5.41, 5.74) is -0.797. The number of esters is 1. The number of ether oxygens (including phenoxy) is 3. The van der Waals surface area contributed by atoms with Gasteiger partial charge in [-0.25, -0.2) is 4.79 Å². The molecule has 1 aliphatic heterocycles. The predicted molar refractivity (Wildman–Crippen MR) is 93.4 cm³/mol. The average molecular weight is 350 g/mol. The van der Waals surface area contributed by atoms with E-state index in [9.17, 15) is 9.90 Å². The number of hydrogen-bond acceptors (Lipinski definition) is 6. The Morgan fingerprint density at radius 1 is 1.36 bits per heavy atom. The zero-order chi connectivity index (χ0) is 19.0. The van der Waals surface area contributed by atoms with Crippen LogP contribution >= 0.6 is 0 Å². The summed E-state index contributed by atoms with van der Waals surface area (Å²) in [7, 11) is 3.03. The summed E-state index contributed by atoms with van der Waals surface area (Å²) in [6.07, 6.45) is 4.24. The Kier molecular flexibility index (Phi) is 5.11. The van der Waals surface area contributed by atoms with Crippen LogP contribution in [0.3, 0.4) is 0 Å². The monoisotopic (exact) mass is 350 g/mol. The van der Waals surface area contributed by atoms with E-state index < -0.39 is 23.4 Å². The molecule has 2 rings (SSSR count). The summed E-state index contributed by atoms with van der Waals surface area (Å²) in [6.45, 7) is 7.43. The first-order valence-electron chi connectivity index (χ1n) is 8.03. The van der Waals surface area contributed by atoms with E-state index in [1.54, 1.807) is 37.8 Å². The van der Waals surface area contributed by atoms with Crippen molar-refractivity contribution in [3.05, 3.63) is 35.1 Å². The number of methoxy groups -OCH3 is 2. The van der Waals surface area contributed by atoms with Crippen molar-refractivity contribution in [2.75, 3.05) is 20.8 Å². The van der Waals surface area contributed by atoms with Gasteiger partial charge in [0, 0.05) is 19.8 Å². The van der Waals surface area contributed by atoms with Crippen LogP contribution in [0.1, 0.15) is 27.7 Å². The molecule has 1 heterocycles. The molecule has 0 saturated carbocycles. The second kappa shape index (κ2) is 6.65. The summed E-state index contributed by atoms with van der Waals surface area (Å²) >= 11 is 0. The molecule has 0 radical (unpaired) electrons. The summed E-state index contributed by atoms with van der Waals surface area (Å²) in [4.78, 5) is 14.4. The maximum absolute atomic E-state index is 12.7. The van der Waals surface area contributed by atoms with Gasteiger partial charge in [0.1, 0.15) is 22.8 Å². The Labute approximate surface area is 148 Å². The highest BCUT2D eigenvalue weighted by atomic mass is 16.7. The van der Waals surface area contributed by atoms with Crippen molar-refractivity contribution < 1.29 is 24.1 Å². The summed E-state index contributed by atoms with van der Waals surface area (Å²) in [6, 6.07) is 0. The lowest BCUT2D eigenvalue weighted by atomic mass is 9.86. The lowest BCUT2D eigenvalue weighted by Crippen LogP contribution is -2.49. The van der Waals surface area contributed by atoms with Gasteiger partial charge in [-0.1, -0.05) is 6.08 Å². The third kappa shape index (κ3) is 3.62. The Balaban J connectivity index is 2.48. The number of carbonyl (C=O) groups is 1. The molecule has 25 heavy (non-hydrogen) atoms. The van der Waals surface area contributed by atoms with Gasteiger partial charge in [0.05, 0.1) is 12.1 Å². The van der Waals surface area contributed by atoms with Crippen LogP contribution in [-0.4, -0.2) is 60.0 Å². The molecule has 0 saturated heterocycles. The fourth-order valence-electron chi connectivity index (χ4n) is 2.95. The molecule has 7 heteroatoms. The molecule has 0 aromatic rings. The fourth-order valence-corrected chi connectivity index (χ4v) is 2.95. The van der Waals surface area contributed by atoms with Crippen LogP contribution in [0.25, 0.3) is 0 Å². The van der Waals surface area contributed by atoms with Crippen LogP contribution in [0.5, 0.6) is 0 Å². The minimum absolute atomic E-state index is 0.0152. The van der Waals surface area contributed by atoms with Crippen molar-refractivity contribution in [2.45, 2.75) is 45.1 Å². The molecule has 0 fully saturated rings. The number of nitrogens with one attached hydrogen (secondary N) is 1. The van der Waals surface area contributed by atoms with Gasteiger partial charge in [-0.05, 0) is 39.8 Å². The first kappa shape index (κ1) is 19.2. The lowest BCUT2D eigenvalue weighted by molar-refractivity contribution is -0.149. The van der Waals surface area contributed by atoms with Crippen LogP contribution in [-0.2, 0) is 19.0 Å². The molecule has 2 N–H and O–H groups in total. The Bertz CT molecular complexity index is 667. The van der Waals surface area contributed by atoms with Crippen LogP contribution in [0.15, 0.2) is 35.1 Å². The molecular formula is C18H26N2O5.